The van der Waals surface area contributed by atoms with E-state index in [9.17, 15) is 0 Å². The van der Waals surface area contributed by atoms with Crippen LogP contribution >= 0.6 is 24.8 Å². The first kappa shape index (κ1) is 41.9. The Morgan fingerprint density at radius 1 is 0.529 bits per heavy atom. The molecule has 0 heterocycles. The Morgan fingerprint density at radius 2 is 1.02 bits per heavy atom. The van der Waals surface area contributed by atoms with Crippen molar-refractivity contribution in [3.63, 3.8) is 0 Å². The van der Waals surface area contributed by atoms with E-state index in [0.29, 0.717) is 5.92 Å². The van der Waals surface area contributed by atoms with E-state index >= 15 is 0 Å². The molecule has 258 valence electrons. The van der Waals surface area contributed by atoms with E-state index in [1.54, 1.807) is 0 Å². The van der Waals surface area contributed by atoms with Crippen LogP contribution in [0, 0.1) is 28.7 Å². The van der Waals surface area contributed by atoms with Crippen LogP contribution < -0.4 is 0 Å². The molecule has 0 aromatic heterocycles. The summed E-state index contributed by atoms with van der Waals surface area (Å²) in [5.41, 5.74) is 9.51. The molecule has 1 aliphatic rings. The van der Waals surface area contributed by atoms with Gasteiger partial charge >= 0.3 is 30.2 Å². The zero-order chi connectivity index (χ0) is 32.3. The average Bonchev–Trinajstić information content (AvgIpc) is 3.90. The van der Waals surface area contributed by atoms with Gasteiger partial charge in [0.05, 0.1) is 0 Å². The average molecular weight is 799 g/mol. The van der Waals surface area contributed by atoms with Crippen molar-refractivity contribution in [2.45, 2.75) is 32.6 Å². The third-order valence-corrected chi connectivity index (χ3v) is 9.66. The quantitative estimate of drug-likeness (QED) is 0.0949. The first-order chi connectivity index (χ1) is 23.1. The number of fused-ring (bicyclic) bond motifs is 4. The Morgan fingerprint density at radius 3 is 1.61 bits per heavy atom. The third-order valence-electron chi connectivity index (χ3n) is 9.66. The molecule has 0 N–H and O–H groups in total. The summed E-state index contributed by atoms with van der Waals surface area (Å²) in [5, 5.41) is 10.7. The van der Waals surface area contributed by atoms with Crippen molar-refractivity contribution in [1.29, 1.82) is 0 Å². The van der Waals surface area contributed by atoms with Gasteiger partial charge in [-0.2, -0.15) is 12.1 Å². The van der Waals surface area contributed by atoms with E-state index in [0.717, 1.165) is 0 Å². The molecule has 0 unspecified atom stereocenters. The topological polar surface area (TPSA) is 0 Å². The summed E-state index contributed by atoms with van der Waals surface area (Å²) in [4.78, 5) is 0. The fourth-order valence-corrected chi connectivity index (χ4v) is 7.36. The Balaban J connectivity index is 0.000000246. The number of halogens is 2. The molecular formula is C47H44Cl2SiZr-4. The van der Waals surface area contributed by atoms with Crippen LogP contribution in [0.4, 0.5) is 0 Å². The fraction of sp³-hybridized carbons (Fsp3) is 0.106. The molecule has 0 spiro atoms. The Bertz CT molecular complexity index is 2380. The van der Waals surface area contributed by atoms with Crippen LogP contribution in [-0.2, 0) is 23.3 Å². The van der Waals surface area contributed by atoms with Gasteiger partial charge in [-0.1, -0.05) is 134 Å². The molecule has 8 aromatic rings. The van der Waals surface area contributed by atoms with Gasteiger partial charge in [-0.25, -0.2) is 0 Å². The number of hydrogen-bond acceptors (Lipinski definition) is 0. The molecule has 0 fully saturated rings. The van der Waals surface area contributed by atoms with Gasteiger partial charge in [-0.15, -0.1) is 93.4 Å². The van der Waals surface area contributed by atoms with Gasteiger partial charge in [0.1, 0.15) is 0 Å². The monoisotopic (exact) mass is 796 g/mol. The van der Waals surface area contributed by atoms with E-state index in [-0.39, 0.29) is 39.7 Å². The number of hydrogen-bond donors (Lipinski definition) is 0. The number of aryl methyl sites for hydroxylation is 2. The summed E-state index contributed by atoms with van der Waals surface area (Å²) in [6.07, 6.45) is 6.99. The molecule has 1 aliphatic carbocycles. The molecule has 51 heavy (non-hydrogen) atoms. The summed E-state index contributed by atoms with van der Waals surface area (Å²) in [6, 6.07) is 51.1. The summed E-state index contributed by atoms with van der Waals surface area (Å²) in [5.74, 6) is 0.665. The zero-order valence-electron chi connectivity index (χ0n) is 29.7. The second kappa shape index (κ2) is 18.8. The van der Waals surface area contributed by atoms with Crippen LogP contribution in [0.25, 0.3) is 65.3 Å². The standard InChI is InChI=1S/C24H19.C21H17.2CH3.2ClH.Si.Zr/c1-2-8-17(7-1)20-15-19-11-6-14-23(24(19)16-20)22-13-5-10-18-9-3-4-12-21(18)22;1-14-12-20-15(2)10-11-19(21(20)13-14)18-9-5-7-16-6-3-4-8-17(16)18;;;;;;/h1-6,9-17H,7-8H2;3-13H,1-2H3;2*1H3;2*1H;;/q4*-1;;;;. The van der Waals surface area contributed by atoms with E-state index in [1.807, 2.05) is 0 Å². The van der Waals surface area contributed by atoms with Gasteiger partial charge in [0.15, 0.2) is 0 Å². The van der Waals surface area contributed by atoms with Crippen LogP contribution in [-0.4, -0.2) is 6.88 Å². The Hall–Kier alpha value is -3.52. The second-order valence-corrected chi connectivity index (χ2v) is 12.6. The molecule has 8 aromatic carbocycles. The van der Waals surface area contributed by atoms with E-state index in [2.05, 4.69) is 172 Å². The summed E-state index contributed by atoms with van der Waals surface area (Å²) < 4.78 is 0. The molecule has 9 rings (SSSR count). The van der Waals surface area contributed by atoms with Gasteiger partial charge in [-0.3, -0.25) is 0 Å². The van der Waals surface area contributed by atoms with Gasteiger partial charge in [0, 0.05) is 0 Å². The first-order valence-corrected chi connectivity index (χ1v) is 20.5. The van der Waals surface area contributed by atoms with Crippen molar-refractivity contribution >= 4 is 74.8 Å². The molecule has 0 nitrogen and oxygen atoms in total. The summed E-state index contributed by atoms with van der Waals surface area (Å²) in [7, 11) is 0. The van der Waals surface area contributed by atoms with Gasteiger partial charge < -0.3 is 14.9 Å². The predicted octanol–water partition coefficient (Wildman–Crippen LogP) is 14.2. The van der Waals surface area contributed by atoms with Crippen molar-refractivity contribution in [3.05, 3.63) is 183 Å². The van der Waals surface area contributed by atoms with Crippen molar-refractivity contribution in [2.24, 2.45) is 0 Å². The van der Waals surface area contributed by atoms with Crippen LogP contribution in [0.2, 0.25) is 0 Å². The SMILES string of the molecule is C1=CCC(c2cc3c(-c4cccc5ccccc45)cccc3[cH-]2)C1.Cc1cc2c(-c3cccc4ccccc34)ccc(C)c2[cH-]1.Cl.Cl.[CH3-].[CH3-].[Si]=[Zr]. The maximum atomic E-state index is 3.06. The van der Waals surface area contributed by atoms with Crippen molar-refractivity contribution in [2.75, 3.05) is 0 Å². The van der Waals surface area contributed by atoms with E-state index < -0.39 is 0 Å². The van der Waals surface area contributed by atoms with Crippen LogP contribution in [0.15, 0.2) is 152 Å². The summed E-state index contributed by atoms with van der Waals surface area (Å²) >= 11 is 1.36. The molecule has 0 aliphatic heterocycles. The Labute approximate surface area is 333 Å². The number of allylic oxidation sites excluding steroid dienone is 2. The van der Waals surface area contributed by atoms with Gasteiger partial charge in [0.25, 0.3) is 0 Å². The molecule has 2 radical (unpaired) electrons. The number of benzene rings is 6. The third kappa shape index (κ3) is 8.42. The zero-order valence-corrected chi connectivity index (χ0v) is 34.8. The molecular weight excluding hydrogens is 755 g/mol. The maximum absolute atomic E-state index is 3.06. The molecule has 0 amide bonds. The van der Waals surface area contributed by atoms with Crippen molar-refractivity contribution in [1.82, 2.24) is 0 Å². The molecule has 0 bridgehead atoms. The van der Waals surface area contributed by atoms with E-state index in [4.69, 9.17) is 0 Å². The van der Waals surface area contributed by atoms with Crippen molar-refractivity contribution < 1.29 is 23.3 Å². The number of rotatable bonds is 3. The first-order valence-electron chi connectivity index (χ1n) is 16.4. The van der Waals surface area contributed by atoms with Crippen LogP contribution in [0.3, 0.4) is 0 Å². The molecule has 0 saturated carbocycles. The van der Waals surface area contributed by atoms with Gasteiger partial charge in [-0.05, 0) is 51.4 Å². The normalized spacial score (nSPS) is 11.7. The van der Waals surface area contributed by atoms with Crippen molar-refractivity contribution in [3.8, 4) is 22.3 Å². The van der Waals surface area contributed by atoms with Gasteiger partial charge in [0.2, 0.25) is 0 Å². The Kier molecular flexibility index (Phi) is 15.5. The van der Waals surface area contributed by atoms with E-state index in [1.165, 1.54) is 118 Å². The van der Waals surface area contributed by atoms with Crippen LogP contribution in [0.5, 0.6) is 0 Å². The van der Waals surface area contributed by atoms with Crippen LogP contribution in [0.1, 0.15) is 35.4 Å². The molecule has 0 saturated heterocycles. The minimum absolute atomic E-state index is 0. The summed E-state index contributed by atoms with van der Waals surface area (Å²) in [6.45, 7) is 7.42. The minimum atomic E-state index is 0. The predicted molar refractivity (Wildman–Crippen MR) is 229 cm³/mol. The molecule has 0 atom stereocenters. The fourth-order valence-electron chi connectivity index (χ4n) is 7.36. The second-order valence-electron chi connectivity index (χ2n) is 12.6. The molecule has 4 heteroatoms.